The molecule has 0 unspecified atom stereocenters. The number of anilines is 2. The Morgan fingerprint density at radius 2 is 2.13 bits per heavy atom. The van der Waals surface area contributed by atoms with Crippen LogP contribution in [0, 0.1) is 0 Å². The van der Waals surface area contributed by atoms with Gasteiger partial charge in [-0.1, -0.05) is 11.6 Å². The molecule has 0 amide bonds. The zero-order valence-corrected chi connectivity index (χ0v) is 9.16. The highest BCUT2D eigenvalue weighted by atomic mass is 35.5. The summed E-state index contributed by atoms with van der Waals surface area (Å²) in [5.74, 6) is 0.936. The maximum absolute atomic E-state index is 5.76. The zero-order chi connectivity index (χ0) is 10.8. The van der Waals surface area contributed by atoms with Crippen LogP contribution in [0.5, 0.6) is 0 Å². The molecule has 0 radical (unpaired) electrons. The lowest BCUT2D eigenvalue weighted by atomic mass is 10.6. The van der Waals surface area contributed by atoms with Crippen LogP contribution in [0.25, 0.3) is 0 Å². The third kappa shape index (κ3) is 2.34. The van der Waals surface area contributed by atoms with Crippen LogP contribution in [0.1, 0.15) is 0 Å². The van der Waals surface area contributed by atoms with Gasteiger partial charge in [0.2, 0.25) is 5.28 Å². The van der Waals surface area contributed by atoms with E-state index in [-0.39, 0.29) is 10.4 Å². The molecule has 0 aromatic carbocycles. The van der Waals surface area contributed by atoms with Crippen molar-refractivity contribution < 1.29 is 0 Å². The van der Waals surface area contributed by atoms with Gasteiger partial charge in [-0.25, -0.2) is 0 Å². The molecule has 0 bridgehead atoms. The van der Waals surface area contributed by atoms with Crippen molar-refractivity contribution in [3.63, 3.8) is 0 Å². The Labute approximate surface area is 95.2 Å². The van der Waals surface area contributed by atoms with E-state index in [1.165, 1.54) is 0 Å². The predicted molar refractivity (Wildman–Crippen MR) is 56.3 cm³/mol. The molecule has 0 aliphatic carbocycles. The lowest BCUT2D eigenvalue weighted by molar-refractivity contribution is 0.771. The van der Waals surface area contributed by atoms with E-state index in [1.54, 1.807) is 24.0 Å². The van der Waals surface area contributed by atoms with Gasteiger partial charge in [0.05, 0.1) is 0 Å². The fourth-order valence-corrected chi connectivity index (χ4v) is 1.23. The molecule has 1 N–H and O–H groups in total. The number of rotatable bonds is 2. The molecule has 0 saturated carbocycles. The number of halogens is 2. The first kappa shape index (κ1) is 10.1. The van der Waals surface area contributed by atoms with E-state index in [4.69, 9.17) is 23.2 Å². The first-order valence-corrected chi connectivity index (χ1v) is 4.73. The summed E-state index contributed by atoms with van der Waals surface area (Å²) in [6.07, 6.45) is 1.78. The van der Waals surface area contributed by atoms with Crippen LogP contribution in [0.2, 0.25) is 10.4 Å². The van der Waals surface area contributed by atoms with Gasteiger partial charge in [0.15, 0.2) is 16.8 Å². The first-order chi connectivity index (χ1) is 7.15. The smallest absolute Gasteiger partial charge is 0.245 e. The second kappa shape index (κ2) is 4.00. The highest BCUT2D eigenvalue weighted by Gasteiger charge is 2.07. The fourth-order valence-electron chi connectivity index (χ4n) is 0.976. The Morgan fingerprint density at radius 3 is 2.80 bits per heavy atom. The molecule has 78 valence electrons. The van der Waals surface area contributed by atoms with Crippen molar-refractivity contribution in [3.8, 4) is 0 Å². The Hall–Kier alpha value is -1.40. The van der Waals surface area contributed by atoms with Crippen LogP contribution < -0.4 is 5.32 Å². The van der Waals surface area contributed by atoms with Crippen LogP contribution in [-0.2, 0) is 7.05 Å². The molecular weight excluding hydrogens is 239 g/mol. The molecule has 6 nitrogen and oxygen atoms in total. The number of aryl methyl sites for hydroxylation is 1. The van der Waals surface area contributed by atoms with Gasteiger partial charge >= 0.3 is 0 Å². The summed E-state index contributed by atoms with van der Waals surface area (Å²) in [4.78, 5) is 3.88. The molecule has 0 fully saturated rings. The number of hydrogen-bond donors (Lipinski definition) is 1. The normalized spacial score (nSPS) is 10.3. The van der Waals surface area contributed by atoms with Gasteiger partial charge in [-0.3, -0.25) is 4.68 Å². The Kier molecular flexibility index (Phi) is 2.70. The molecule has 15 heavy (non-hydrogen) atoms. The summed E-state index contributed by atoms with van der Waals surface area (Å²) in [6.45, 7) is 0. The third-order valence-electron chi connectivity index (χ3n) is 1.58. The van der Waals surface area contributed by atoms with E-state index in [2.05, 4.69) is 25.6 Å². The van der Waals surface area contributed by atoms with Gasteiger partial charge in [0.25, 0.3) is 0 Å². The SMILES string of the molecule is Cn1ccc(Nc2nc(Cl)nnc2Cl)n1. The van der Waals surface area contributed by atoms with Gasteiger partial charge in [-0.2, -0.15) is 10.1 Å². The van der Waals surface area contributed by atoms with Crippen LogP contribution in [-0.4, -0.2) is 25.0 Å². The minimum Gasteiger partial charge on any atom is -0.321 e. The standard InChI is InChI=1S/C7H6Cl2N6/c1-15-3-2-4(14-15)10-6-5(8)12-13-7(9)11-6/h2-3H,1H3,(H,10,11,13,14). The van der Waals surface area contributed by atoms with Gasteiger partial charge in [-0.15, -0.1) is 10.2 Å². The average Bonchev–Trinajstić information content (AvgIpc) is 2.58. The van der Waals surface area contributed by atoms with E-state index < -0.39 is 0 Å². The van der Waals surface area contributed by atoms with Crippen molar-refractivity contribution >= 4 is 34.8 Å². The largest absolute Gasteiger partial charge is 0.321 e. The lowest BCUT2D eigenvalue weighted by Crippen LogP contribution is -2.00. The van der Waals surface area contributed by atoms with Crippen LogP contribution in [0.4, 0.5) is 11.6 Å². The topological polar surface area (TPSA) is 68.5 Å². The van der Waals surface area contributed by atoms with Crippen LogP contribution in [0.15, 0.2) is 12.3 Å². The van der Waals surface area contributed by atoms with Crippen molar-refractivity contribution in [3.05, 3.63) is 22.7 Å². The summed E-state index contributed by atoms with van der Waals surface area (Å²) in [5, 5.41) is 14.2. The molecule has 0 aliphatic heterocycles. The third-order valence-corrected chi connectivity index (χ3v) is 1.99. The Balaban J connectivity index is 2.27. The van der Waals surface area contributed by atoms with Gasteiger partial charge in [0.1, 0.15) is 0 Å². The Bertz CT molecular complexity index is 482. The highest BCUT2D eigenvalue weighted by molar-refractivity contribution is 6.32. The molecule has 2 rings (SSSR count). The van der Waals surface area contributed by atoms with Crippen molar-refractivity contribution in [2.24, 2.45) is 7.05 Å². The van der Waals surface area contributed by atoms with E-state index in [0.717, 1.165) is 0 Å². The maximum Gasteiger partial charge on any atom is 0.245 e. The zero-order valence-electron chi connectivity index (χ0n) is 7.65. The minimum absolute atomic E-state index is 0.0258. The van der Waals surface area contributed by atoms with E-state index in [9.17, 15) is 0 Å². The lowest BCUT2D eigenvalue weighted by Gasteiger charge is -2.02. The molecule has 8 heteroatoms. The maximum atomic E-state index is 5.76. The molecule has 0 spiro atoms. The van der Waals surface area contributed by atoms with Crippen molar-refractivity contribution in [1.82, 2.24) is 25.0 Å². The molecule has 0 saturated heterocycles. The van der Waals surface area contributed by atoms with Crippen LogP contribution >= 0.6 is 23.2 Å². The van der Waals surface area contributed by atoms with E-state index >= 15 is 0 Å². The van der Waals surface area contributed by atoms with E-state index in [0.29, 0.717) is 11.6 Å². The average molecular weight is 245 g/mol. The Morgan fingerprint density at radius 1 is 1.33 bits per heavy atom. The molecule has 2 heterocycles. The van der Waals surface area contributed by atoms with Crippen molar-refractivity contribution in [2.75, 3.05) is 5.32 Å². The summed E-state index contributed by atoms with van der Waals surface area (Å²) < 4.78 is 1.65. The second-order valence-electron chi connectivity index (χ2n) is 2.72. The van der Waals surface area contributed by atoms with Crippen molar-refractivity contribution in [2.45, 2.75) is 0 Å². The summed E-state index contributed by atoms with van der Waals surface area (Å²) in [6, 6.07) is 1.77. The van der Waals surface area contributed by atoms with Crippen molar-refractivity contribution in [1.29, 1.82) is 0 Å². The van der Waals surface area contributed by atoms with Gasteiger partial charge < -0.3 is 5.32 Å². The second-order valence-corrected chi connectivity index (χ2v) is 3.42. The van der Waals surface area contributed by atoms with Gasteiger partial charge in [-0.05, 0) is 11.6 Å². The number of nitrogens with zero attached hydrogens (tertiary/aromatic N) is 5. The summed E-state index contributed by atoms with van der Waals surface area (Å²) in [5.41, 5.74) is 0. The molecule has 2 aromatic rings. The van der Waals surface area contributed by atoms with E-state index in [1.807, 2.05) is 0 Å². The fraction of sp³-hybridized carbons (Fsp3) is 0.143. The number of aromatic nitrogens is 5. The minimum atomic E-state index is 0.0258. The molecular formula is C7H6Cl2N6. The summed E-state index contributed by atoms with van der Waals surface area (Å²) >= 11 is 11.3. The van der Waals surface area contributed by atoms with Crippen LogP contribution in [0.3, 0.4) is 0 Å². The molecule has 2 aromatic heterocycles. The van der Waals surface area contributed by atoms with Gasteiger partial charge in [0, 0.05) is 19.3 Å². The highest BCUT2D eigenvalue weighted by Crippen LogP contribution is 2.20. The number of hydrogen-bond acceptors (Lipinski definition) is 5. The first-order valence-electron chi connectivity index (χ1n) is 3.97. The predicted octanol–water partition coefficient (Wildman–Crippen LogP) is 1.66. The monoisotopic (exact) mass is 244 g/mol. The summed E-state index contributed by atoms with van der Waals surface area (Å²) in [7, 11) is 1.80. The quantitative estimate of drug-likeness (QED) is 0.871. The number of nitrogens with one attached hydrogen (secondary N) is 1. The molecule has 0 aliphatic rings. The molecule has 0 atom stereocenters.